The summed E-state index contributed by atoms with van der Waals surface area (Å²) in [4.78, 5) is 12.3. The first-order chi connectivity index (χ1) is 10.1. The summed E-state index contributed by atoms with van der Waals surface area (Å²) in [5.41, 5.74) is 1.85. The zero-order valence-corrected chi connectivity index (χ0v) is 13.4. The molecule has 1 amide bonds. The lowest BCUT2D eigenvalue weighted by Crippen LogP contribution is -2.17. The van der Waals surface area contributed by atoms with Gasteiger partial charge in [0.1, 0.15) is 0 Å². The zero-order valence-electron chi connectivity index (χ0n) is 11.9. The van der Waals surface area contributed by atoms with Gasteiger partial charge in [0.15, 0.2) is 0 Å². The molecule has 6 heteroatoms. The van der Waals surface area contributed by atoms with Crippen LogP contribution in [0.15, 0.2) is 36.4 Å². The van der Waals surface area contributed by atoms with E-state index < -0.39 is 6.09 Å². The number of carbonyl (C=O) groups excluding carboxylic acids is 1. The summed E-state index contributed by atoms with van der Waals surface area (Å²) in [6, 6.07) is 11.8. The average Bonchev–Trinajstić information content (AvgIpc) is 2.92. The van der Waals surface area contributed by atoms with E-state index in [1.165, 1.54) is 12.0 Å². The second-order valence-corrected chi connectivity index (χ2v) is 6.30. The van der Waals surface area contributed by atoms with Gasteiger partial charge in [-0.25, -0.2) is 4.79 Å². The van der Waals surface area contributed by atoms with Crippen LogP contribution in [0.4, 0.5) is 10.5 Å². The standard InChI is InChI=1S/C15H17ClN2O2S/c1-10(13-7-8-14(16)21-13)17-9-11-3-5-12(6-4-11)18-15(19)20-2/h3-8,10,17H,9H2,1-2H3,(H,18,19)/t10-/m1/s1. The van der Waals surface area contributed by atoms with Crippen molar-refractivity contribution in [2.45, 2.75) is 19.5 Å². The minimum atomic E-state index is -0.468. The summed E-state index contributed by atoms with van der Waals surface area (Å²) in [5.74, 6) is 0. The van der Waals surface area contributed by atoms with E-state index in [-0.39, 0.29) is 6.04 Å². The van der Waals surface area contributed by atoms with Crippen molar-refractivity contribution in [2.75, 3.05) is 12.4 Å². The molecule has 2 N–H and O–H groups in total. The Balaban J connectivity index is 1.87. The molecule has 0 aliphatic carbocycles. The van der Waals surface area contributed by atoms with Crippen LogP contribution in [0.1, 0.15) is 23.4 Å². The Morgan fingerprint density at radius 1 is 1.29 bits per heavy atom. The molecule has 0 spiro atoms. The lowest BCUT2D eigenvalue weighted by atomic mass is 10.2. The summed E-state index contributed by atoms with van der Waals surface area (Å²) in [6.07, 6.45) is -0.468. The van der Waals surface area contributed by atoms with Crippen molar-refractivity contribution >= 4 is 34.7 Å². The number of methoxy groups -OCH3 is 1. The van der Waals surface area contributed by atoms with Gasteiger partial charge in [0.2, 0.25) is 0 Å². The molecule has 112 valence electrons. The Labute approximate surface area is 133 Å². The minimum absolute atomic E-state index is 0.246. The number of anilines is 1. The van der Waals surface area contributed by atoms with Gasteiger partial charge in [-0.05, 0) is 36.8 Å². The first-order valence-electron chi connectivity index (χ1n) is 6.51. The number of benzene rings is 1. The van der Waals surface area contributed by atoms with Crippen LogP contribution in [-0.2, 0) is 11.3 Å². The normalized spacial score (nSPS) is 12.0. The molecule has 1 aromatic carbocycles. The third-order valence-corrected chi connectivity index (χ3v) is 4.43. The molecular weight excluding hydrogens is 308 g/mol. The van der Waals surface area contributed by atoms with Gasteiger partial charge >= 0.3 is 6.09 Å². The van der Waals surface area contributed by atoms with Crippen LogP contribution in [0.25, 0.3) is 0 Å². The van der Waals surface area contributed by atoms with Crippen LogP contribution in [0, 0.1) is 0 Å². The molecule has 0 bridgehead atoms. The highest BCUT2D eigenvalue weighted by atomic mass is 35.5. The van der Waals surface area contributed by atoms with Gasteiger partial charge in [0.25, 0.3) is 0 Å². The highest BCUT2D eigenvalue weighted by Crippen LogP contribution is 2.26. The van der Waals surface area contributed by atoms with Gasteiger partial charge < -0.3 is 10.1 Å². The molecule has 0 saturated heterocycles. The molecule has 2 aromatic rings. The van der Waals surface area contributed by atoms with Crippen LogP contribution in [0.2, 0.25) is 4.34 Å². The maximum atomic E-state index is 11.1. The van der Waals surface area contributed by atoms with E-state index in [1.54, 1.807) is 11.3 Å². The molecule has 1 aromatic heterocycles. The number of nitrogens with one attached hydrogen (secondary N) is 2. The maximum Gasteiger partial charge on any atom is 0.411 e. The predicted molar refractivity (Wildman–Crippen MR) is 87.1 cm³/mol. The third kappa shape index (κ3) is 4.74. The molecule has 0 unspecified atom stereocenters. The second kappa shape index (κ2) is 7.45. The van der Waals surface area contributed by atoms with Crippen molar-refractivity contribution in [2.24, 2.45) is 0 Å². The average molecular weight is 325 g/mol. The third-order valence-electron chi connectivity index (χ3n) is 3.02. The fraction of sp³-hybridized carbons (Fsp3) is 0.267. The van der Waals surface area contributed by atoms with Crippen LogP contribution in [0.3, 0.4) is 0 Å². The molecule has 1 atom stereocenters. The molecule has 0 fully saturated rings. The van der Waals surface area contributed by atoms with Crippen LogP contribution >= 0.6 is 22.9 Å². The van der Waals surface area contributed by atoms with Crippen LogP contribution < -0.4 is 10.6 Å². The van der Waals surface area contributed by atoms with Crippen molar-refractivity contribution in [1.82, 2.24) is 5.32 Å². The molecule has 1 heterocycles. The molecule has 0 saturated carbocycles. The smallest absolute Gasteiger partial charge is 0.411 e. The van der Waals surface area contributed by atoms with E-state index in [2.05, 4.69) is 22.3 Å². The van der Waals surface area contributed by atoms with E-state index in [1.807, 2.05) is 36.4 Å². The van der Waals surface area contributed by atoms with Gasteiger partial charge in [-0.3, -0.25) is 5.32 Å². The molecule has 2 rings (SSSR count). The van der Waals surface area contributed by atoms with E-state index in [0.717, 1.165) is 16.4 Å². The summed E-state index contributed by atoms with van der Waals surface area (Å²) < 4.78 is 5.34. The fourth-order valence-corrected chi connectivity index (χ4v) is 2.90. The maximum absolute atomic E-state index is 11.1. The van der Waals surface area contributed by atoms with E-state index in [9.17, 15) is 4.79 Å². The Morgan fingerprint density at radius 2 is 2.00 bits per heavy atom. The number of hydrogen-bond acceptors (Lipinski definition) is 4. The lowest BCUT2D eigenvalue weighted by molar-refractivity contribution is 0.187. The van der Waals surface area contributed by atoms with Crippen LogP contribution in [-0.4, -0.2) is 13.2 Å². The second-order valence-electron chi connectivity index (χ2n) is 4.56. The fourth-order valence-electron chi connectivity index (χ4n) is 1.81. The summed E-state index contributed by atoms with van der Waals surface area (Å²) >= 11 is 7.52. The molecule has 0 aliphatic heterocycles. The largest absolute Gasteiger partial charge is 0.453 e. The number of thiophene rings is 1. The van der Waals surface area contributed by atoms with Gasteiger partial charge in [-0.2, -0.15) is 0 Å². The van der Waals surface area contributed by atoms with Crippen molar-refractivity contribution < 1.29 is 9.53 Å². The van der Waals surface area contributed by atoms with Gasteiger partial charge in [-0.15, -0.1) is 11.3 Å². The van der Waals surface area contributed by atoms with Crippen LogP contribution in [0.5, 0.6) is 0 Å². The number of carbonyl (C=O) groups is 1. The molecule has 0 aliphatic rings. The number of rotatable bonds is 5. The molecular formula is C15H17ClN2O2S. The molecule has 0 radical (unpaired) electrons. The Kier molecular flexibility index (Phi) is 5.61. The Bertz CT molecular complexity index is 598. The number of hydrogen-bond donors (Lipinski definition) is 2. The lowest BCUT2D eigenvalue weighted by Gasteiger charge is -2.12. The SMILES string of the molecule is COC(=O)Nc1ccc(CN[C@H](C)c2ccc(Cl)s2)cc1. The summed E-state index contributed by atoms with van der Waals surface area (Å²) in [5, 5.41) is 6.06. The van der Waals surface area contributed by atoms with Gasteiger partial charge in [-0.1, -0.05) is 23.7 Å². The van der Waals surface area contributed by atoms with Gasteiger partial charge in [0.05, 0.1) is 11.4 Å². The quantitative estimate of drug-likeness (QED) is 0.855. The van der Waals surface area contributed by atoms with E-state index >= 15 is 0 Å². The van der Waals surface area contributed by atoms with Crippen molar-refractivity contribution in [3.63, 3.8) is 0 Å². The highest BCUT2D eigenvalue weighted by Gasteiger charge is 2.07. The highest BCUT2D eigenvalue weighted by molar-refractivity contribution is 7.16. The van der Waals surface area contributed by atoms with Crippen molar-refractivity contribution in [3.8, 4) is 0 Å². The number of amides is 1. The number of ether oxygens (including phenoxy) is 1. The topological polar surface area (TPSA) is 50.4 Å². The monoisotopic (exact) mass is 324 g/mol. The van der Waals surface area contributed by atoms with E-state index in [4.69, 9.17) is 11.6 Å². The minimum Gasteiger partial charge on any atom is -0.453 e. The zero-order chi connectivity index (χ0) is 15.2. The Morgan fingerprint density at radius 3 is 2.57 bits per heavy atom. The first-order valence-corrected chi connectivity index (χ1v) is 7.70. The van der Waals surface area contributed by atoms with Crippen molar-refractivity contribution in [3.05, 3.63) is 51.2 Å². The first kappa shape index (κ1) is 15.8. The predicted octanol–water partition coefficient (Wildman–Crippen LogP) is 4.43. The summed E-state index contributed by atoms with van der Waals surface area (Å²) in [7, 11) is 1.34. The number of halogens is 1. The Hall–Kier alpha value is -1.56. The molecule has 21 heavy (non-hydrogen) atoms. The van der Waals surface area contributed by atoms with Gasteiger partial charge in [0, 0.05) is 23.2 Å². The van der Waals surface area contributed by atoms with Crippen molar-refractivity contribution in [1.29, 1.82) is 0 Å². The summed E-state index contributed by atoms with van der Waals surface area (Å²) in [6.45, 7) is 2.85. The molecule has 4 nitrogen and oxygen atoms in total. The van der Waals surface area contributed by atoms with E-state index in [0.29, 0.717) is 5.69 Å².